The number of amides is 3. The molecule has 3 amide bonds. The van der Waals surface area contributed by atoms with Gasteiger partial charge in [-0.15, -0.1) is 0 Å². The molecule has 0 spiro atoms. The summed E-state index contributed by atoms with van der Waals surface area (Å²) < 4.78 is 5.17. The van der Waals surface area contributed by atoms with E-state index in [9.17, 15) is 9.59 Å². The zero-order valence-corrected chi connectivity index (χ0v) is 14.7. The summed E-state index contributed by atoms with van der Waals surface area (Å²) in [6.07, 6.45) is 6.26. The summed E-state index contributed by atoms with van der Waals surface area (Å²) in [4.78, 5) is 26.4. The molecule has 2 aromatic rings. The van der Waals surface area contributed by atoms with Gasteiger partial charge in [-0.2, -0.15) is 0 Å². The van der Waals surface area contributed by atoms with Crippen molar-refractivity contribution in [3.8, 4) is 0 Å². The summed E-state index contributed by atoms with van der Waals surface area (Å²) in [5.74, 6) is 0.282. The Morgan fingerprint density at radius 3 is 2.69 bits per heavy atom. The van der Waals surface area contributed by atoms with E-state index in [2.05, 4.69) is 16.7 Å². The summed E-state index contributed by atoms with van der Waals surface area (Å²) in [5.41, 5.74) is 3.52. The second-order valence-electron chi connectivity index (χ2n) is 6.94. The van der Waals surface area contributed by atoms with Crippen LogP contribution in [0.15, 0.2) is 41.0 Å². The van der Waals surface area contributed by atoms with Crippen molar-refractivity contribution in [1.82, 2.24) is 10.2 Å². The fourth-order valence-corrected chi connectivity index (χ4v) is 3.86. The third-order valence-electron chi connectivity index (χ3n) is 5.24. The van der Waals surface area contributed by atoms with Crippen LogP contribution in [0.3, 0.4) is 0 Å². The highest BCUT2D eigenvalue weighted by molar-refractivity contribution is 5.92. The molecule has 0 unspecified atom stereocenters. The Hall–Kier alpha value is -2.76. The summed E-state index contributed by atoms with van der Waals surface area (Å²) in [7, 11) is 0. The van der Waals surface area contributed by atoms with Crippen molar-refractivity contribution in [3.05, 3.63) is 53.5 Å². The number of piperidine rings is 1. The van der Waals surface area contributed by atoms with Crippen LogP contribution in [-0.4, -0.2) is 36.0 Å². The number of nitrogens with zero attached hydrogens (tertiary/aromatic N) is 1. The maximum atomic E-state index is 12.4. The molecule has 136 valence electrons. The predicted molar refractivity (Wildman–Crippen MR) is 98.3 cm³/mol. The molecule has 0 bridgehead atoms. The van der Waals surface area contributed by atoms with E-state index in [1.165, 1.54) is 17.4 Å². The van der Waals surface area contributed by atoms with Crippen LogP contribution in [0.25, 0.3) is 0 Å². The van der Waals surface area contributed by atoms with Gasteiger partial charge in [-0.25, -0.2) is 4.79 Å². The molecule has 1 saturated heterocycles. The number of hydrogen-bond donors (Lipinski definition) is 2. The fraction of sp³-hybridized carbons (Fsp3) is 0.400. The van der Waals surface area contributed by atoms with E-state index in [1.807, 2.05) is 12.1 Å². The Morgan fingerprint density at radius 2 is 1.92 bits per heavy atom. The number of benzene rings is 1. The minimum absolute atomic E-state index is 0.0763. The van der Waals surface area contributed by atoms with Gasteiger partial charge in [0.1, 0.15) is 0 Å². The molecule has 0 saturated carbocycles. The molecule has 26 heavy (non-hydrogen) atoms. The van der Waals surface area contributed by atoms with Gasteiger partial charge in [0.25, 0.3) is 5.91 Å². The zero-order chi connectivity index (χ0) is 17.9. The quantitative estimate of drug-likeness (QED) is 0.890. The van der Waals surface area contributed by atoms with E-state index >= 15 is 0 Å². The van der Waals surface area contributed by atoms with Crippen molar-refractivity contribution >= 4 is 17.6 Å². The van der Waals surface area contributed by atoms with Gasteiger partial charge in [0.2, 0.25) is 0 Å². The standard InChI is InChI=1S/C20H23N3O3/c24-19(18-8-3-13-26-18)23-11-9-15(10-12-23)21-20(25)22-17-7-2-5-14-4-1-6-16(14)17/h2-3,5,7-8,13,15H,1,4,6,9-12H2,(H2,21,22,25). The lowest BCUT2D eigenvalue weighted by Crippen LogP contribution is -2.47. The van der Waals surface area contributed by atoms with Crippen LogP contribution in [-0.2, 0) is 12.8 Å². The number of nitrogens with one attached hydrogen (secondary N) is 2. The van der Waals surface area contributed by atoms with Crippen molar-refractivity contribution in [3.63, 3.8) is 0 Å². The molecule has 0 atom stereocenters. The normalized spacial score (nSPS) is 17.0. The highest BCUT2D eigenvalue weighted by Gasteiger charge is 2.26. The van der Waals surface area contributed by atoms with Gasteiger partial charge >= 0.3 is 6.03 Å². The molecule has 4 rings (SSSR count). The van der Waals surface area contributed by atoms with Gasteiger partial charge in [0, 0.05) is 24.8 Å². The van der Waals surface area contributed by atoms with Crippen LogP contribution < -0.4 is 10.6 Å². The van der Waals surface area contributed by atoms with Crippen molar-refractivity contribution in [2.45, 2.75) is 38.1 Å². The molecular formula is C20H23N3O3. The van der Waals surface area contributed by atoms with Crippen LogP contribution >= 0.6 is 0 Å². The first-order valence-corrected chi connectivity index (χ1v) is 9.22. The number of urea groups is 1. The Bertz CT molecular complexity index is 793. The lowest BCUT2D eigenvalue weighted by atomic mass is 10.0. The molecule has 1 aromatic carbocycles. The first kappa shape index (κ1) is 16.7. The number of carbonyl (C=O) groups is 2. The van der Waals surface area contributed by atoms with E-state index in [0.717, 1.165) is 37.8 Å². The number of aryl methyl sites for hydroxylation is 1. The second-order valence-corrected chi connectivity index (χ2v) is 6.94. The SMILES string of the molecule is O=C(Nc1cccc2c1CCC2)NC1CCN(C(=O)c2ccco2)CC1. The Kier molecular flexibility index (Phi) is 4.65. The monoisotopic (exact) mass is 353 g/mol. The fourth-order valence-electron chi connectivity index (χ4n) is 3.86. The molecule has 2 aliphatic rings. The Balaban J connectivity index is 1.29. The van der Waals surface area contributed by atoms with E-state index in [1.54, 1.807) is 17.0 Å². The molecule has 6 nitrogen and oxygen atoms in total. The molecule has 1 aliphatic carbocycles. The first-order valence-electron chi connectivity index (χ1n) is 9.22. The van der Waals surface area contributed by atoms with Crippen LogP contribution in [0.1, 0.15) is 40.9 Å². The smallest absolute Gasteiger partial charge is 0.319 e. The topological polar surface area (TPSA) is 74.6 Å². The molecule has 2 N–H and O–H groups in total. The number of carbonyl (C=O) groups excluding carboxylic acids is 2. The lowest BCUT2D eigenvalue weighted by Gasteiger charge is -2.31. The first-order chi connectivity index (χ1) is 12.7. The summed E-state index contributed by atoms with van der Waals surface area (Å²) >= 11 is 0. The van der Waals surface area contributed by atoms with Crippen molar-refractivity contribution in [2.75, 3.05) is 18.4 Å². The van der Waals surface area contributed by atoms with Crippen molar-refractivity contribution < 1.29 is 14.0 Å². The minimum atomic E-state index is -0.166. The average molecular weight is 353 g/mol. The van der Waals surface area contributed by atoms with Gasteiger partial charge < -0.3 is 20.0 Å². The highest BCUT2D eigenvalue weighted by atomic mass is 16.3. The molecule has 1 aromatic heterocycles. The van der Waals surface area contributed by atoms with Crippen LogP contribution in [0.5, 0.6) is 0 Å². The van der Waals surface area contributed by atoms with Crippen LogP contribution in [0, 0.1) is 0 Å². The molecule has 0 radical (unpaired) electrons. The largest absolute Gasteiger partial charge is 0.459 e. The van der Waals surface area contributed by atoms with Gasteiger partial charge in [0.15, 0.2) is 5.76 Å². The van der Waals surface area contributed by atoms with Gasteiger partial charge in [-0.1, -0.05) is 12.1 Å². The van der Waals surface area contributed by atoms with Crippen LogP contribution in [0.2, 0.25) is 0 Å². The molecule has 6 heteroatoms. The minimum Gasteiger partial charge on any atom is -0.459 e. The summed E-state index contributed by atoms with van der Waals surface area (Å²) in [5, 5.41) is 6.04. The lowest BCUT2D eigenvalue weighted by molar-refractivity contribution is 0.0676. The van der Waals surface area contributed by atoms with E-state index in [4.69, 9.17) is 4.42 Å². The zero-order valence-electron chi connectivity index (χ0n) is 14.7. The van der Waals surface area contributed by atoms with Crippen LogP contribution in [0.4, 0.5) is 10.5 Å². The van der Waals surface area contributed by atoms with Crippen molar-refractivity contribution in [2.24, 2.45) is 0 Å². The molecular weight excluding hydrogens is 330 g/mol. The Labute approximate surface area is 152 Å². The summed E-state index contributed by atoms with van der Waals surface area (Å²) in [6.45, 7) is 1.23. The third kappa shape index (κ3) is 3.45. The van der Waals surface area contributed by atoms with Gasteiger partial charge in [-0.3, -0.25) is 4.79 Å². The Morgan fingerprint density at radius 1 is 1.08 bits per heavy atom. The molecule has 1 fully saturated rings. The number of hydrogen-bond acceptors (Lipinski definition) is 3. The number of furan rings is 1. The number of likely N-dealkylation sites (tertiary alicyclic amines) is 1. The molecule has 2 heterocycles. The third-order valence-corrected chi connectivity index (χ3v) is 5.24. The second kappa shape index (κ2) is 7.23. The van der Waals surface area contributed by atoms with Crippen molar-refractivity contribution in [1.29, 1.82) is 0 Å². The number of rotatable bonds is 3. The van der Waals surface area contributed by atoms with Gasteiger partial charge in [-0.05, 0) is 61.4 Å². The average Bonchev–Trinajstić information content (AvgIpc) is 3.34. The highest BCUT2D eigenvalue weighted by Crippen LogP contribution is 2.28. The predicted octanol–water partition coefficient (Wildman–Crippen LogP) is 3.19. The maximum Gasteiger partial charge on any atom is 0.319 e. The molecule has 1 aliphatic heterocycles. The van der Waals surface area contributed by atoms with E-state index in [-0.39, 0.29) is 18.0 Å². The van der Waals surface area contributed by atoms with Gasteiger partial charge in [0.05, 0.1) is 6.26 Å². The number of anilines is 1. The maximum absolute atomic E-state index is 12.4. The summed E-state index contributed by atoms with van der Waals surface area (Å²) in [6, 6.07) is 9.41. The van der Waals surface area contributed by atoms with E-state index in [0.29, 0.717) is 18.8 Å². The van der Waals surface area contributed by atoms with E-state index < -0.39 is 0 Å². The number of fused-ring (bicyclic) bond motifs is 1.